The maximum atomic E-state index is 13.7. The molecule has 13 nitrogen and oxygen atoms in total. The number of carbonyl (C=O) groups is 1. The second-order valence-corrected chi connectivity index (χ2v) is 10.6. The molecule has 1 aliphatic heterocycles. The Morgan fingerprint density at radius 2 is 2.03 bits per heavy atom. The van der Waals surface area contributed by atoms with Crippen LogP contribution in [0.5, 0.6) is 5.75 Å². The topological polar surface area (TPSA) is 188 Å². The summed E-state index contributed by atoms with van der Waals surface area (Å²) in [6.45, 7) is 5.66. The fourth-order valence-electron chi connectivity index (χ4n) is 3.63. The summed E-state index contributed by atoms with van der Waals surface area (Å²) < 4.78 is 36.8. The minimum Gasteiger partial charge on any atom is -0.462 e. The van der Waals surface area contributed by atoms with Crippen LogP contribution in [-0.4, -0.2) is 51.6 Å². The number of benzene rings is 1. The standard InChI is InChI=1S/C23H30N5O8P/c1-14(2)34-20(30)15(3)27-37(32,36-16-8-6-5-7-9-16)33-12-17-19(29)23(4,13-24)21(35-17)28-11-10-18(25)26-22(28)31/h5-11,14-15,17,19,21,29H,12H2,1-4H3,(H,27,32)(H2,25,26,31)/t15-,17?,19+,21?,23+,37?/m0/s1. The third-order valence-corrected chi connectivity index (χ3v) is 7.21. The number of nitrogens with two attached hydrogens (primary N) is 1. The Morgan fingerprint density at radius 1 is 1.35 bits per heavy atom. The van der Waals surface area contributed by atoms with Gasteiger partial charge in [0.15, 0.2) is 6.23 Å². The molecule has 1 aromatic heterocycles. The molecule has 3 rings (SSSR count). The third-order valence-electron chi connectivity index (χ3n) is 5.56. The molecule has 0 spiro atoms. The van der Waals surface area contributed by atoms with Gasteiger partial charge in [-0.25, -0.2) is 9.36 Å². The molecule has 2 heterocycles. The van der Waals surface area contributed by atoms with Gasteiger partial charge in [-0.1, -0.05) is 18.2 Å². The van der Waals surface area contributed by atoms with Gasteiger partial charge in [-0.05, 0) is 45.9 Å². The number of ether oxygens (including phenoxy) is 2. The van der Waals surface area contributed by atoms with Crippen molar-refractivity contribution in [3.05, 3.63) is 53.1 Å². The number of carbonyl (C=O) groups excluding carboxylic acids is 1. The highest BCUT2D eigenvalue weighted by molar-refractivity contribution is 7.52. The first kappa shape index (κ1) is 28.3. The van der Waals surface area contributed by atoms with Gasteiger partial charge in [-0.15, -0.1) is 0 Å². The smallest absolute Gasteiger partial charge is 0.459 e. The monoisotopic (exact) mass is 535 g/mol. The van der Waals surface area contributed by atoms with Crippen molar-refractivity contribution < 1.29 is 33.0 Å². The first-order valence-electron chi connectivity index (χ1n) is 11.5. The number of esters is 1. The Balaban J connectivity index is 1.83. The summed E-state index contributed by atoms with van der Waals surface area (Å²) in [5, 5.41) is 23.3. The number of aromatic nitrogens is 2. The Hall–Kier alpha value is -3.27. The van der Waals surface area contributed by atoms with E-state index in [1.165, 1.54) is 26.1 Å². The quantitative estimate of drug-likeness (QED) is 0.296. The van der Waals surface area contributed by atoms with E-state index in [1.807, 2.05) is 6.07 Å². The summed E-state index contributed by atoms with van der Waals surface area (Å²) in [6, 6.07) is 10.4. The molecule has 1 saturated heterocycles. The second-order valence-electron chi connectivity index (χ2n) is 8.94. The molecular formula is C23H30N5O8P. The molecule has 0 aliphatic carbocycles. The van der Waals surface area contributed by atoms with Gasteiger partial charge in [0.05, 0.1) is 18.8 Å². The van der Waals surface area contributed by atoms with Crippen LogP contribution >= 0.6 is 7.75 Å². The molecule has 4 N–H and O–H groups in total. The number of hydrogen-bond donors (Lipinski definition) is 3. The molecule has 0 saturated carbocycles. The lowest BCUT2D eigenvalue weighted by atomic mass is 9.84. The van der Waals surface area contributed by atoms with Gasteiger partial charge < -0.3 is 24.8 Å². The minimum absolute atomic E-state index is 0.0199. The van der Waals surface area contributed by atoms with Crippen molar-refractivity contribution in [1.29, 1.82) is 5.26 Å². The number of para-hydroxylation sites is 1. The van der Waals surface area contributed by atoms with Crippen LogP contribution in [0.25, 0.3) is 0 Å². The highest BCUT2D eigenvalue weighted by atomic mass is 31.2. The lowest BCUT2D eigenvalue weighted by molar-refractivity contribution is -0.149. The van der Waals surface area contributed by atoms with Crippen LogP contribution in [0.1, 0.15) is 33.9 Å². The molecule has 6 atom stereocenters. The summed E-state index contributed by atoms with van der Waals surface area (Å²) in [4.78, 5) is 28.3. The van der Waals surface area contributed by atoms with Crippen LogP contribution in [0.15, 0.2) is 47.4 Å². The molecule has 1 fully saturated rings. The summed E-state index contributed by atoms with van der Waals surface area (Å²) in [7, 11) is -4.25. The number of nitrogens with zero attached hydrogens (tertiary/aromatic N) is 3. The van der Waals surface area contributed by atoms with E-state index in [0.717, 1.165) is 4.57 Å². The number of aliphatic hydroxyl groups excluding tert-OH is 1. The summed E-state index contributed by atoms with van der Waals surface area (Å²) in [6.07, 6.45) is -3.01. The zero-order chi connectivity index (χ0) is 27.4. The van der Waals surface area contributed by atoms with E-state index in [1.54, 1.807) is 44.2 Å². The van der Waals surface area contributed by atoms with E-state index in [4.69, 9.17) is 24.3 Å². The van der Waals surface area contributed by atoms with Crippen molar-refractivity contribution in [2.45, 2.75) is 58.3 Å². The number of aliphatic hydroxyl groups is 1. The van der Waals surface area contributed by atoms with Gasteiger partial charge in [-0.3, -0.25) is 13.9 Å². The fourth-order valence-corrected chi connectivity index (χ4v) is 5.13. The molecule has 1 aliphatic rings. The van der Waals surface area contributed by atoms with Gasteiger partial charge in [0.1, 0.15) is 35.2 Å². The van der Waals surface area contributed by atoms with E-state index < -0.39 is 62.0 Å². The number of nitrogen functional groups attached to an aromatic ring is 1. The molecule has 200 valence electrons. The molecule has 37 heavy (non-hydrogen) atoms. The maximum Gasteiger partial charge on any atom is 0.459 e. The van der Waals surface area contributed by atoms with Crippen LogP contribution < -0.4 is 21.0 Å². The molecule has 1 aromatic carbocycles. The van der Waals surface area contributed by atoms with Gasteiger partial charge in [0.25, 0.3) is 0 Å². The predicted molar refractivity (Wildman–Crippen MR) is 131 cm³/mol. The van der Waals surface area contributed by atoms with Crippen molar-refractivity contribution in [3.63, 3.8) is 0 Å². The zero-order valence-corrected chi connectivity index (χ0v) is 21.7. The van der Waals surface area contributed by atoms with Crippen molar-refractivity contribution in [1.82, 2.24) is 14.6 Å². The molecule has 3 unspecified atom stereocenters. The van der Waals surface area contributed by atoms with E-state index in [0.29, 0.717) is 0 Å². The Labute approximate surface area is 213 Å². The molecule has 2 aromatic rings. The number of anilines is 1. The first-order valence-corrected chi connectivity index (χ1v) is 13.0. The second kappa shape index (κ2) is 11.4. The molecule has 0 radical (unpaired) electrons. The number of nitriles is 1. The van der Waals surface area contributed by atoms with E-state index in [9.17, 15) is 24.5 Å². The minimum atomic E-state index is -4.25. The van der Waals surface area contributed by atoms with Crippen molar-refractivity contribution in [2.24, 2.45) is 5.41 Å². The predicted octanol–water partition coefficient (Wildman–Crippen LogP) is 1.75. The van der Waals surface area contributed by atoms with Gasteiger partial charge >= 0.3 is 19.4 Å². The lowest BCUT2D eigenvalue weighted by Crippen LogP contribution is -2.40. The van der Waals surface area contributed by atoms with Crippen molar-refractivity contribution in [2.75, 3.05) is 12.3 Å². The van der Waals surface area contributed by atoms with E-state index in [2.05, 4.69) is 10.1 Å². The average Bonchev–Trinajstić information content (AvgIpc) is 3.08. The average molecular weight is 535 g/mol. The first-order chi connectivity index (χ1) is 17.4. The lowest BCUT2D eigenvalue weighted by Gasteiger charge is -2.26. The Kier molecular flexibility index (Phi) is 8.73. The zero-order valence-electron chi connectivity index (χ0n) is 20.8. The number of hydrogen-bond acceptors (Lipinski definition) is 11. The molecule has 0 amide bonds. The van der Waals surface area contributed by atoms with E-state index >= 15 is 0 Å². The SMILES string of the molecule is CC(C)OC(=O)[C@H](C)NP(=O)(OCC1OC(n2ccc(N)nc2=O)[C@](C)(C#N)[C@@H]1O)Oc1ccccc1. The van der Waals surface area contributed by atoms with Crippen molar-refractivity contribution in [3.8, 4) is 11.8 Å². The third kappa shape index (κ3) is 6.54. The maximum absolute atomic E-state index is 13.7. The van der Waals surface area contributed by atoms with E-state index in [-0.39, 0.29) is 11.6 Å². The molecular weight excluding hydrogens is 505 g/mol. The van der Waals surface area contributed by atoms with Gasteiger partial charge in [0.2, 0.25) is 0 Å². The Bertz CT molecular complexity index is 1250. The Morgan fingerprint density at radius 3 is 2.62 bits per heavy atom. The van der Waals surface area contributed by atoms with Crippen molar-refractivity contribution >= 4 is 19.5 Å². The van der Waals surface area contributed by atoms with Crippen LogP contribution in [0.3, 0.4) is 0 Å². The van der Waals surface area contributed by atoms with Crippen LogP contribution in [-0.2, 0) is 23.4 Å². The van der Waals surface area contributed by atoms with Crippen LogP contribution in [0.4, 0.5) is 5.82 Å². The summed E-state index contributed by atoms with van der Waals surface area (Å²) >= 11 is 0. The molecule has 0 bridgehead atoms. The van der Waals surface area contributed by atoms with Gasteiger partial charge in [-0.2, -0.15) is 15.3 Å². The largest absolute Gasteiger partial charge is 0.462 e. The molecule has 14 heteroatoms. The fraction of sp³-hybridized carbons (Fsp3) is 0.478. The summed E-state index contributed by atoms with van der Waals surface area (Å²) in [5.41, 5.74) is 3.17. The van der Waals surface area contributed by atoms with Crippen LogP contribution in [0, 0.1) is 16.7 Å². The van der Waals surface area contributed by atoms with Crippen LogP contribution in [0.2, 0.25) is 0 Å². The highest BCUT2D eigenvalue weighted by Gasteiger charge is 2.55. The number of nitrogens with one attached hydrogen (secondary N) is 1. The highest BCUT2D eigenvalue weighted by Crippen LogP contribution is 2.48. The van der Waals surface area contributed by atoms with Gasteiger partial charge in [0, 0.05) is 6.20 Å². The summed E-state index contributed by atoms with van der Waals surface area (Å²) in [5.74, 6) is -0.511. The normalized spacial score (nSPS) is 25.7. The number of rotatable bonds is 10.